The molecule has 0 heterocycles. The van der Waals surface area contributed by atoms with Gasteiger partial charge < -0.3 is 0 Å². The Hall–Kier alpha value is -3.64. The average molecular weight is 424 g/mol. The first-order valence-corrected chi connectivity index (χ1v) is 8.08. The molecule has 0 saturated heterocycles. The highest BCUT2D eigenvalue weighted by Gasteiger charge is 2.20. The number of amides is 2. The van der Waals surface area contributed by atoms with Crippen LogP contribution in [0.2, 0.25) is 5.02 Å². The van der Waals surface area contributed by atoms with Crippen molar-refractivity contribution in [2.75, 3.05) is 0 Å². The Bertz CT molecular complexity index is 999. The molecule has 0 aliphatic rings. The topological polar surface area (TPSA) is 157 Å². The first-order chi connectivity index (χ1) is 13.2. The second-order valence-electron chi connectivity index (χ2n) is 5.06. The number of hydrazine groups is 1. The van der Waals surface area contributed by atoms with Gasteiger partial charge in [-0.3, -0.25) is 46.0 Å². The van der Waals surface area contributed by atoms with Gasteiger partial charge >= 0.3 is 0 Å². The highest BCUT2D eigenvalue weighted by molar-refractivity contribution is 7.80. The monoisotopic (exact) mass is 423 g/mol. The van der Waals surface area contributed by atoms with Crippen molar-refractivity contribution in [3.8, 4) is 0 Å². The third-order valence-electron chi connectivity index (χ3n) is 3.27. The molecule has 0 bridgehead atoms. The summed E-state index contributed by atoms with van der Waals surface area (Å²) in [7, 11) is 0. The van der Waals surface area contributed by atoms with Crippen LogP contribution in [0.3, 0.4) is 0 Å². The zero-order chi connectivity index (χ0) is 20.8. The number of benzene rings is 2. The predicted octanol–water partition coefficient (Wildman–Crippen LogP) is 2.11. The van der Waals surface area contributed by atoms with Gasteiger partial charge in [0.2, 0.25) is 0 Å². The summed E-state index contributed by atoms with van der Waals surface area (Å²) in [6, 6.07) is 8.63. The minimum Gasteiger partial charge on any atom is -0.298 e. The Morgan fingerprint density at radius 1 is 0.929 bits per heavy atom. The summed E-state index contributed by atoms with van der Waals surface area (Å²) in [5.41, 5.74) is 3.14. The van der Waals surface area contributed by atoms with E-state index in [1.165, 1.54) is 30.3 Å². The van der Waals surface area contributed by atoms with E-state index in [1.54, 1.807) is 0 Å². The van der Waals surface area contributed by atoms with Gasteiger partial charge in [0.05, 0.1) is 9.85 Å². The Kier molecular flexibility index (Phi) is 6.52. The zero-order valence-electron chi connectivity index (χ0n) is 13.7. The molecule has 0 spiro atoms. The van der Waals surface area contributed by atoms with Gasteiger partial charge in [0.15, 0.2) is 5.11 Å². The molecule has 2 rings (SSSR count). The van der Waals surface area contributed by atoms with Gasteiger partial charge in [-0.2, -0.15) is 0 Å². The number of halogens is 1. The molecule has 0 unspecified atom stereocenters. The van der Waals surface area contributed by atoms with Crippen LogP contribution >= 0.6 is 23.8 Å². The molecule has 2 aromatic carbocycles. The van der Waals surface area contributed by atoms with Crippen molar-refractivity contribution >= 4 is 52.1 Å². The molecule has 13 heteroatoms. The fraction of sp³-hybridized carbons (Fsp3) is 0. The Labute approximate surface area is 166 Å². The van der Waals surface area contributed by atoms with Crippen LogP contribution < -0.4 is 16.2 Å². The summed E-state index contributed by atoms with van der Waals surface area (Å²) in [6.07, 6.45) is 0. The third kappa shape index (κ3) is 4.96. The molecule has 0 atom stereocenters. The first kappa shape index (κ1) is 20.7. The lowest BCUT2D eigenvalue weighted by molar-refractivity contribution is -0.385. The molecule has 3 N–H and O–H groups in total. The van der Waals surface area contributed by atoms with Gasteiger partial charge in [0.25, 0.3) is 23.2 Å². The average Bonchev–Trinajstić information content (AvgIpc) is 2.66. The standard InChI is InChI=1S/C15H10ClN5O6S/c16-10-6-5-8(7-12(10)21(26)27)13(22)17-15(28)19-18-14(23)9-3-1-2-4-11(9)20(24)25/h1-7H,(H,18,23)(H2,17,19,22,28). The smallest absolute Gasteiger partial charge is 0.288 e. The Morgan fingerprint density at radius 2 is 1.57 bits per heavy atom. The van der Waals surface area contributed by atoms with E-state index in [9.17, 15) is 29.8 Å². The number of rotatable bonds is 4. The molecular formula is C15H10ClN5O6S. The number of para-hydroxylation sites is 1. The van der Waals surface area contributed by atoms with E-state index >= 15 is 0 Å². The molecule has 144 valence electrons. The van der Waals surface area contributed by atoms with E-state index in [1.807, 2.05) is 0 Å². The van der Waals surface area contributed by atoms with Crippen molar-refractivity contribution in [1.82, 2.24) is 16.2 Å². The number of nitrogens with one attached hydrogen (secondary N) is 3. The normalized spacial score (nSPS) is 9.89. The lowest BCUT2D eigenvalue weighted by Gasteiger charge is -2.11. The summed E-state index contributed by atoms with van der Waals surface area (Å²) in [5, 5.41) is 23.5. The molecule has 0 aliphatic carbocycles. The zero-order valence-corrected chi connectivity index (χ0v) is 15.2. The molecule has 0 aliphatic heterocycles. The van der Waals surface area contributed by atoms with Crippen LogP contribution in [0.1, 0.15) is 20.7 Å². The van der Waals surface area contributed by atoms with Crippen LogP contribution in [-0.2, 0) is 0 Å². The lowest BCUT2D eigenvalue weighted by atomic mass is 10.2. The SMILES string of the molecule is O=C(NC(=S)NNC(=O)c1ccccc1[N+](=O)[O-])c1ccc(Cl)c([N+](=O)[O-])c1. The van der Waals surface area contributed by atoms with E-state index in [4.69, 9.17) is 23.8 Å². The highest BCUT2D eigenvalue weighted by atomic mass is 35.5. The molecule has 28 heavy (non-hydrogen) atoms. The summed E-state index contributed by atoms with van der Waals surface area (Å²) in [5.74, 6) is -1.65. The molecule has 0 fully saturated rings. The summed E-state index contributed by atoms with van der Waals surface area (Å²) in [4.78, 5) is 44.5. The summed E-state index contributed by atoms with van der Waals surface area (Å²) >= 11 is 10.5. The van der Waals surface area contributed by atoms with Crippen LogP contribution in [0.15, 0.2) is 42.5 Å². The van der Waals surface area contributed by atoms with E-state index in [-0.39, 0.29) is 21.3 Å². The van der Waals surface area contributed by atoms with Gasteiger partial charge in [0, 0.05) is 17.7 Å². The van der Waals surface area contributed by atoms with Gasteiger partial charge in [-0.1, -0.05) is 23.7 Å². The Morgan fingerprint density at radius 3 is 2.21 bits per heavy atom. The predicted molar refractivity (Wildman–Crippen MR) is 102 cm³/mol. The minimum absolute atomic E-state index is 0.0923. The van der Waals surface area contributed by atoms with Crippen molar-refractivity contribution in [2.24, 2.45) is 0 Å². The lowest BCUT2D eigenvalue weighted by Crippen LogP contribution is -2.48. The van der Waals surface area contributed by atoms with Gasteiger partial charge in [0.1, 0.15) is 10.6 Å². The van der Waals surface area contributed by atoms with Gasteiger partial charge in [-0.15, -0.1) is 0 Å². The van der Waals surface area contributed by atoms with E-state index in [0.29, 0.717) is 0 Å². The van der Waals surface area contributed by atoms with E-state index in [0.717, 1.165) is 12.1 Å². The largest absolute Gasteiger partial charge is 0.298 e. The molecule has 0 saturated carbocycles. The molecule has 0 aromatic heterocycles. The number of hydrogen-bond acceptors (Lipinski definition) is 7. The number of thiocarbonyl (C=S) groups is 1. The molecule has 0 radical (unpaired) electrons. The maximum atomic E-state index is 12.1. The van der Waals surface area contributed by atoms with E-state index < -0.39 is 33.0 Å². The van der Waals surface area contributed by atoms with Crippen molar-refractivity contribution in [3.63, 3.8) is 0 Å². The van der Waals surface area contributed by atoms with Crippen LogP contribution in [0.25, 0.3) is 0 Å². The third-order valence-corrected chi connectivity index (χ3v) is 3.79. The van der Waals surface area contributed by atoms with Crippen LogP contribution in [0, 0.1) is 20.2 Å². The number of carbonyl (C=O) groups is 2. The maximum Gasteiger partial charge on any atom is 0.288 e. The second kappa shape index (κ2) is 8.83. The number of hydrogen-bond donors (Lipinski definition) is 3. The maximum absolute atomic E-state index is 12.1. The number of nitro groups is 2. The van der Waals surface area contributed by atoms with Crippen LogP contribution in [0.4, 0.5) is 11.4 Å². The summed E-state index contributed by atoms with van der Waals surface area (Å²) in [6.45, 7) is 0. The Balaban J connectivity index is 2.00. The van der Waals surface area contributed by atoms with Crippen LogP contribution in [-0.4, -0.2) is 26.8 Å². The van der Waals surface area contributed by atoms with Crippen molar-refractivity contribution in [3.05, 3.63) is 78.8 Å². The fourth-order valence-corrected chi connectivity index (χ4v) is 2.34. The van der Waals surface area contributed by atoms with Gasteiger partial charge in [-0.05, 0) is 30.4 Å². The van der Waals surface area contributed by atoms with Crippen molar-refractivity contribution in [2.45, 2.75) is 0 Å². The number of nitro benzene ring substituents is 2. The van der Waals surface area contributed by atoms with E-state index in [2.05, 4.69) is 16.2 Å². The molecular weight excluding hydrogens is 414 g/mol. The first-order valence-electron chi connectivity index (χ1n) is 7.29. The summed E-state index contributed by atoms with van der Waals surface area (Å²) < 4.78 is 0. The molecule has 2 amide bonds. The second-order valence-corrected chi connectivity index (χ2v) is 5.88. The van der Waals surface area contributed by atoms with Crippen molar-refractivity contribution in [1.29, 1.82) is 0 Å². The van der Waals surface area contributed by atoms with Crippen LogP contribution in [0.5, 0.6) is 0 Å². The minimum atomic E-state index is -0.856. The molecule has 11 nitrogen and oxygen atoms in total. The quantitative estimate of drug-likeness (QED) is 0.383. The number of carbonyl (C=O) groups excluding carboxylic acids is 2. The fourth-order valence-electron chi connectivity index (χ4n) is 2.01. The van der Waals surface area contributed by atoms with Crippen molar-refractivity contribution < 1.29 is 19.4 Å². The van der Waals surface area contributed by atoms with Gasteiger partial charge in [-0.25, -0.2) is 0 Å². The highest BCUT2D eigenvalue weighted by Crippen LogP contribution is 2.25. The number of nitrogens with zero attached hydrogens (tertiary/aromatic N) is 2. The molecule has 2 aromatic rings.